The van der Waals surface area contributed by atoms with Gasteiger partial charge in [-0.2, -0.15) is 0 Å². The van der Waals surface area contributed by atoms with Crippen LogP contribution in [0.3, 0.4) is 0 Å². The molecule has 1 aromatic carbocycles. The first-order chi connectivity index (χ1) is 10.1. The van der Waals surface area contributed by atoms with Gasteiger partial charge in [-0.15, -0.1) is 11.3 Å². The molecule has 0 saturated carbocycles. The minimum Gasteiger partial charge on any atom is -0.350 e. The van der Waals surface area contributed by atoms with E-state index < -0.39 is 6.04 Å². The van der Waals surface area contributed by atoms with Crippen LogP contribution in [0.25, 0.3) is 0 Å². The molecule has 0 radical (unpaired) electrons. The molecule has 2 rings (SSSR count). The van der Waals surface area contributed by atoms with Crippen molar-refractivity contribution < 1.29 is 9.59 Å². The highest BCUT2D eigenvalue weighted by atomic mass is 32.1. The zero-order chi connectivity index (χ0) is 15.2. The predicted molar refractivity (Wildman–Crippen MR) is 84.3 cm³/mol. The van der Waals surface area contributed by atoms with E-state index in [1.807, 2.05) is 43.3 Å². The van der Waals surface area contributed by atoms with Crippen LogP contribution < -0.4 is 10.6 Å². The lowest BCUT2D eigenvalue weighted by Gasteiger charge is -2.13. The van der Waals surface area contributed by atoms with Gasteiger partial charge in [0.25, 0.3) is 5.91 Å². The number of thiophene rings is 1. The number of benzene rings is 1. The zero-order valence-corrected chi connectivity index (χ0v) is 12.9. The maximum atomic E-state index is 12.0. The monoisotopic (exact) mass is 302 g/mol. The molecule has 0 aliphatic carbocycles. The molecule has 2 aromatic rings. The Kier molecular flexibility index (Phi) is 5.11. The number of hydrogen-bond donors (Lipinski definition) is 2. The van der Waals surface area contributed by atoms with Crippen LogP contribution in [0.2, 0.25) is 0 Å². The number of amides is 2. The summed E-state index contributed by atoms with van der Waals surface area (Å²) in [5.41, 5.74) is 1.03. The number of aryl methyl sites for hydroxylation is 1. The predicted octanol–water partition coefficient (Wildman–Crippen LogP) is 2.49. The van der Waals surface area contributed by atoms with Crippen LogP contribution in [0, 0.1) is 6.92 Å². The molecule has 2 amide bonds. The van der Waals surface area contributed by atoms with Crippen LogP contribution in [0.5, 0.6) is 0 Å². The highest BCUT2D eigenvalue weighted by Gasteiger charge is 2.17. The summed E-state index contributed by atoms with van der Waals surface area (Å²) in [4.78, 5) is 25.6. The third kappa shape index (κ3) is 4.43. The van der Waals surface area contributed by atoms with E-state index in [1.165, 1.54) is 11.3 Å². The van der Waals surface area contributed by atoms with Crippen molar-refractivity contribution in [3.8, 4) is 0 Å². The van der Waals surface area contributed by atoms with Crippen LogP contribution in [-0.4, -0.2) is 17.9 Å². The standard InChI is InChI=1S/C16H18N2O2S/c1-11-8-9-14(21-11)16(20)18-12(2)15(19)17-10-13-6-4-3-5-7-13/h3-9,12H,10H2,1-2H3,(H,17,19)(H,18,20). The Hall–Kier alpha value is -2.14. The van der Waals surface area contributed by atoms with Crippen LogP contribution >= 0.6 is 11.3 Å². The lowest BCUT2D eigenvalue weighted by atomic mass is 10.2. The fraction of sp³-hybridized carbons (Fsp3) is 0.250. The second kappa shape index (κ2) is 7.04. The van der Waals surface area contributed by atoms with Gasteiger partial charge in [0.1, 0.15) is 6.04 Å². The van der Waals surface area contributed by atoms with Crippen LogP contribution in [0.15, 0.2) is 42.5 Å². The van der Waals surface area contributed by atoms with E-state index in [4.69, 9.17) is 0 Å². The van der Waals surface area contributed by atoms with Crippen molar-refractivity contribution in [3.05, 3.63) is 57.8 Å². The first-order valence-electron chi connectivity index (χ1n) is 6.75. The van der Waals surface area contributed by atoms with Crippen molar-refractivity contribution in [2.45, 2.75) is 26.4 Å². The molecule has 5 heteroatoms. The van der Waals surface area contributed by atoms with E-state index in [1.54, 1.807) is 13.0 Å². The van der Waals surface area contributed by atoms with Crippen LogP contribution in [-0.2, 0) is 11.3 Å². The third-order valence-corrected chi connectivity index (χ3v) is 4.01. The van der Waals surface area contributed by atoms with Gasteiger partial charge >= 0.3 is 0 Å². The average Bonchev–Trinajstić information content (AvgIpc) is 2.92. The lowest BCUT2D eigenvalue weighted by molar-refractivity contribution is -0.122. The van der Waals surface area contributed by atoms with E-state index in [0.717, 1.165) is 10.4 Å². The molecule has 0 bridgehead atoms. The number of carbonyl (C=O) groups is 2. The number of nitrogens with one attached hydrogen (secondary N) is 2. The van der Waals surface area contributed by atoms with Gasteiger partial charge in [-0.1, -0.05) is 30.3 Å². The van der Waals surface area contributed by atoms with Crippen molar-refractivity contribution in [1.82, 2.24) is 10.6 Å². The summed E-state index contributed by atoms with van der Waals surface area (Å²) in [6.45, 7) is 4.08. The topological polar surface area (TPSA) is 58.2 Å². The van der Waals surface area contributed by atoms with Crippen molar-refractivity contribution in [1.29, 1.82) is 0 Å². The largest absolute Gasteiger partial charge is 0.350 e. The normalized spacial score (nSPS) is 11.7. The van der Waals surface area contributed by atoms with Gasteiger partial charge in [-0.3, -0.25) is 9.59 Å². The smallest absolute Gasteiger partial charge is 0.261 e. The molecular weight excluding hydrogens is 284 g/mol. The van der Waals surface area contributed by atoms with Gasteiger partial charge in [0.15, 0.2) is 0 Å². The molecule has 21 heavy (non-hydrogen) atoms. The van der Waals surface area contributed by atoms with E-state index >= 15 is 0 Å². The highest BCUT2D eigenvalue weighted by Crippen LogP contribution is 2.14. The fourth-order valence-electron chi connectivity index (χ4n) is 1.83. The molecule has 4 nitrogen and oxygen atoms in total. The minimum atomic E-state index is -0.566. The van der Waals surface area contributed by atoms with Crippen molar-refractivity contribution >= 4 is 23.2 Å². The molecule has 1 unspecified atom stereocenters. The molecule has 0 aliphatic heterocycles. The van der Waals surface area contributed by atoms with E-state index in [-0.39, 0.29) is 11.8 Å². The second-order valence-electron chi connectivity index (χ2n) is 4.81. The minimum absolute atomic E-state index is 0.194. The first kappa shape index (κ1) is 15.3. The Balaban J connectivity index is 1.83. The van der Waals surface area contributed by atoms with Crippen LogP contribution in [0.1, 0.15) is 27.0 Å². The van der Waals surface area contributed by atoms with E-state index in [9.17, 15) is 9.59 Å². The Morgan fingerprint density at radius 3 is 2.48 bits per heavy atom. The van der Waals surface area contributed by atoms with Gasteiger partial charge in [0, 0.05) is 11.4 Å². The summed E-state index contributed by atoms with van der Waals surface area (Å²) >= 11 is 1.42. The summed E-state index contributed by atoms with van der Waals surface area (Å²) in [5.74, 6) is -0.407. The summed E-state index contributed by atoms with van der Waals surface area (Å²) < 4.78 is 0. The van der Waals surface area contributed by atoms with Crippen LogP contribution in [0.4, 0.5) is 0 Å². The maximum Gasteiger partial charge on any atom is 0.261 e. The van der Waals surface area contributed by atoms with Crippen molar-refractivity contribution in [2.24, 2.45) is 0 Å². The molecule has 0 aliphatic rings. The molecule has 0 spiro atoms. The first-order valence-corrected chi connectivity index (χ1v) is 7.57. The molecule has 0 fully saturated rings. The molecular formula is C16H18N2O2S. The summed E-state index contributed by atoms with van der Waals surface area (Å²) in [7, 11) is 0. The van der Waals surface area contributed by atoms with Crippen molar-refractivity contribution in [2.75, 3.05) is 0 Å². The lowest BCUT2D eigenvalue weighted by Crippen LogP contribution is -2.44. The Morgan fingerprint density at radius 2 is 1.86 bits per heavy atom. The number of hydrogen-bond acceptors (Lipinski definition) is 3. The second-order valence-corrected chi connectivity index (χ2v) is 6.10. The van der Waals surface area contributed by atoms with E-state index in [0.29, 0.717) is 11.4 Å². The van der Waals surface area contributed by atoms with E-state index in [2.05, 4.69) is 10.6 Å². The zero-order valence-electron chi connectivity index (χ0n) is 12.1. The molecule has 1 heterocycles. The highest BCUT2D eigenvalue weighted by molar-refractivity contribution is 7.13. The van der Waals surface area contributed by atoms with Gasteiger partial charge in [-0.25, -0.2) is 0 Å². The molecule has 110 valence electrons. The number of rotatable bonds is 5. The quantitative estimate of drug-likeness (QED) is 0.891. The maximum absolute atomic E-state index is 12.0. The van der Waals surface area contributed by atoms with Gasteiger partial charge < -0.3 is 10.6 Å². The third-order valence-electron chi connectivity index (χ3n) is 3.01. The fourth-order valence-corrected chi connectivity index (χ4v) is 2.60. The summed E-state index contributed by atoms with van der Waals surface area (Å²) in [6, 6.07) is 12.7. The Labute approximate surface area is 128 Å². The van der Waals surface area contributed by atoms with Gasteiger partial charge in [0.05, 0.1) is 4.88 Å². The summed E-state index contributed by atoms with van der Waals surface area (Å²) in [5, 5.41) is 5.52. The average molecular weight is 302 g/mol. The SMILES string of the molecule is Cc1ccc(C(=O)NC(C)C(=O)NCc2ccccc2)s1. The molecule has 1 atom stereocenters. The van der Waals surface area contributed by atoms with Gasteiger partial charge in [0.2, 0.25) is 5.91 Å². The van der Waals surface area contributed by atoms with Gasteiger partial charge in [-0.05, 0) is 31.5 Å². The molecule has 1 aromatic heterocycles. The van der Waals surface area contributed by atoms with Crippen molar-refractivity contribution in [3.63, 3.8) is 0 Å². The Morgan fingerprint density at radius 1 is 1.14 bits per heavy atom. The molecule has 2 N–H and O–H groups in total. The summed E-state index contributed by atoms with van der Waals surface area (Å²) in [6.07, 6.45) is 0. The Bertz CT molecular complexity index is 622. The number of carbonyl (C=O) groups excluding carboxylic acids is 2. The molecule has 0 saturated heterocycles.